The number of ether oxygens (including phenoxy) is 1. The standard InChI is InChI=1S/C9H14N4O3/c1-10-9(15)16-7-11-8(14)13(12-7)6-4-2-3-5-6/h6H,2-5H2,1H3,(H,10,15)(H,11,12,14). The van der Waals surface area contributed by atoms with Crippen molar-refractivity contribution in [2.24, 2.45) is 0 Å². The molecule has 1 aliphatic carbocycles. The normalized spacial score (nSPS) is 16.3. The highest BCUT2D eigenvalue weighted by Crippen LogP contribution is 2.27. The third kappa shape index (κ3) is 2.07. The zero-order chi connectivity index (χ0) is 11.5. The molecule has 0 aromatic carbocycles. The van der Waals surface area contributed by atoms with E-state index in [9.17, 15) is 9.59 Å². The first-order valence-electron chi connectivity index (χ1n) is 5.29. The minimum absolute atomic E-state index is 0.0590. The van der Waals surface area contributed by atoms with Gasteiger partial charge in [0, 0.05) is 7.05 Å². The highest BCUT2D eigenvalue weighted by Gasteiger charge is 2.21. The molecule has 1 amide bonds. The maximum absolute atomic E-state index is 11.5. The van der Waals surface area contributed by atoms with E-state index in [1.807, 2.05) is 0 Å². The van der Waals surface area contributed by atoms with Gasteiger partial charge in [-0.25, -0.2) is 14.3 Å². The molecule has 1 aromatic rings. The number of carbonyl (C=O) groups excluding carboxylic acids is 1. The molecule has 0 aliphatic heterocycles. The Balaban J connectivity index is 2.15. The second kappa shape index (κ2) is 4.38. The Hall–Kier alpha value is -1.79. The van der Waals surface area contributed by atoms with Crippen LogP contribution in [0.4, 0.5) is 4.79 Å². The molecular formula is C9H14N4O3. The summed E-state index contributed by atoms with van der Waals surface area (Å²) in [5.74, 6) is 0. The number of aromatic nitrogens is 3. The van der Waals surface area contributed by atoms with Crippen LogP contribution >= 0.6 is 0 Å². The number of nitrogens with one attached hydrogen (secondary N) is 2. The molecule has 16 heavy (non-hydrogen) atoms. The van der Waals surface area contributed by atoms with Crippen LogP contribution in [0.2, 0.25) is 0 Å². The summed E-state index contributed by atoms with van der Waals surface area (Å²) >= 11 is 0. The van der Waals surface area contributed by atoms with E-state index in [0.29, 0.717) is 0 Å². The average molecular weight is 226 g/mol. The van der Waals surface area contributed by atoms with E-state index in [2.05, 4.69) is 15.4 Å². The van der Waals surface area contributed by atoms with Crippen molar-refractivity contribution in [3.63, 3.8) is 0 Å². The van der Waals surface area contributed by atoms with Crippen LogP contribution in [0, 0.1) is 0 Å². The Morgan fingerprint density at radius 1 is 1.56 bits per heavy atom. The summed E-state index contributed by atoms with van der Waals surface area (Å²) < 4.78 is 6.11. The monoisotopic (exact) mass is 226 g/mol. The van der Waals surface area contributed by atoms with Crippen LogP contribution in [0.25, 0.3) is 0 Å². The maximum atomic E-state index is 11.5. The predicted octanol–water partition coefficient (Wildman–Crippen LogP) is 0.405. The number of hydrogen-bond acceptors (Lipinski definition) is 4. The van der Waals surface area contributed by atoms with Crippen LogP contribution in [-0.2, 0) is 0 Å². The summed E-state index contributed by atoms with van der Waals surface area (Å²) in [6, 6.07) is 0.0713. The van der Waals surface area contributed by atoms with Gasteiger partial charge in [0.1, 0.15) is 0 Å². The van der Waals surface area contributed by atoms with Crippen LogP contribution in [0.3, 0.4) is 0 Å². The summed E-state index contributed by atoms with van der Waals surface area (Å²) in [4.78, 5) is 24.8. The summed E-state index contributed by atoms with van der Waals surface area (Å²) in [5, 5.41) is 6.22. The third-order valence-corrected chi connectivity index (χ3v) is 2.68. The summed E-state index contributed by atoms with van der Waals surface area (Å²) in [5.41, 5.74) is -0.328. The second-order valence-corrected chi connectivity index (χ2v) is 3.76. The summed E-state index contributed by atoms with van der Waals surface area (Å²) in [7, 11) is 1.44. The van der Waals surface area contributed by atoms with Gasteiger partial charge in [0.25, 0.3) is 0 Å². The van der Waals surface area contributed by atoms with Crippen molar-refractivity contribution in [2.75, 3.05) is 7.05 Å². The van der Waals surface area contributed by atoms with Gasteiger partial charge in [-0.05, 0) is 12.8 Å². The Kier molecular flexibility index (Phi) is 2.93. The molecular weight excluding hydrogens is 212 g/mol. The zero-order valence-corrected chi connectivity index (χ0v) is 9.02. The Bertz CT molecular complexity index is 430. The van der Waals surface area contributed by atoms with Gasteiger partial charge in [-0.2, -0.15) is 0 Å². The summed E-state index contributed by atoms with van der Waals surface area (Å²) in [6.45, 7) is 0. The fourth-order valence-corrected chi connectivity index (χ4v) is 1.90. The summed E-state index contributed by atoms with van der Waals surface area (Å²) in [6.07, 6.45) is 3.46. The molecule has 0 saturated heterocycles. The first-order valence-corrected chi connectivity index (χ1v) is 5.29. The van der Waals surface area contributed by atoms with Crippen molar-refractivity contribution in [1.82, 2.24) is 20.1 Å². The molecule has 0 atom stereocenters. The number of rotatable bonds is 2. The van der Waals surface area contributed by atoms with Crippen molar-refractivity contribution in [3.8, 4) is 6.01 Å². The lowest BCUT2D eigenvalue weighted by molar-refractivity contribution is 0.198. The third-order valence-electron chi connectivity index (χ3n) is 2.68. The lowest BCUT2D eigenvalue weighted by Gasteiger charge is -2.05. The van der Waals surface area contributed by atoms with Gasteiger partial charge in [0.05, 0.1) is 6.04 Å². The van der Waals surface area contributed by atoms with Gasteiger partial charge in [0.2, 0.25) is 0 Å². The Morgan fingerprint density at radius 3 is 2.88 bits per heavy atom. The lowest BCUT2D eigenvalue weighted by Crippen LogP contribution is -2.22. The van der Waals surface area contributed by atoms with E-state index >= 15 is 0 Å². The fraction of sp³-hybridized carbons (Fsp3) is 0.667. The number of carbonyl (C=O) groups is 1. The number of amides is 1. The molecule has 7 nitrogen and oxygen atoms in total. The van der Waals surface area contributed by atoms with Crippen LogP contribution < -0.4 is 15.7 Å². The molecule has 7 heteroatoms. The minimum atomic E-state index is -0.646. The van der Waals surface area contributed by atoms with Crippen molar-refractivity contribution in [2.45, 2.75) is 31.7 Å². The zero-order valence-electron chi connectivity index (χ0n) is 9.02. The minimum Gasteiger partial charge on any atom is -0.374 e. The lowest BCUT2D eigenvalue weighted by atomic mass is 10.3. The number of hydrogen-bond donors (Lipinski definition) is 2. The average Bonchev–Trinajstić information content (AvgIpc) is 2.87. The van der Waals surface area contributed by atoms with Crippen LogP contribution in [-0.4, -0.2) is 27.9 Å². The first-order chi connectivity index (χ1) is 7.70. The van der Waals surface area contributed by atoms with Gasteiger partial charge in [-0.3, -0.25) is 4.98 Å². The molecule has 0 radical (unpaired) electrons. The van der Waals surface area contributed by atoms with E-state index in [1.165, 1.54) is 11.7 Å². The highest BCUT2D eigenvalue weighted by atomic mass is 16.6. The van der Waals surface area contributed by atoms with E-state index in [-0.39, 0.29) is 17.7 Å². The van der Waals surface area contributed by atoms with E-state index in [4.69, 9.17) is 4.74 Å². The number of nitrogens with zero attached hydrogens (tertiary/aromatic N) is 2. The van der Waals surface area contributed by atoms with Crippen molar-refractivity contribution >= 4 is 6.09 Å². The molecule has 2 rings (SSSR count). The second-order valence-electron chi connectivity index (χ2n) is 3.76. The van der Waals surface area contributed by atoms with E-state index < -0.39 is 6.09 Å². The molecule has 2 N–H and O–H groups in total. The van der Waals surface area contributed by atoms with Gasteiger partial charge in [0.15, 0.2) is 0 Å². The smallest absolute Gasteiger partial charge is 0.374 e. The Labute approximate surface area is 91.8 Å². The molecule has 1 heterocycles. The van der Waals surface area contributed by atoms with Gasteiger partial charge >= 0.3 is 17.8 Å². The Morgan fingerprint density at radius 2 is 2.25 bits per heavy atom. The molecule has 88 valence electrons. The molecule has 0 spiro atoms. The van der Waals surface area contributed by atoms with Crippen molar-refractivity contribution in [3.05, 3.63) is 10.5 Å². The molecule has 0 bridgehead atoms. The van der Waals surface area contributed by atoms with Gasteiger partial charge in [-0.1, -0.05) is 12.8 Å². The largest absolute Gasteiger partial charge is 0.414 e. The molecule has 1 fully saturated rings. The SMILES string of the molecule is CNC(=O)Oc1nn(C2CCCC2)c(=O)[nH]1. The molecule has 1 aliphatic rings. The van der Waals surface area contributed by atoms with Crippen LogP contribution in [0.5, 0.6) is 6.01 Å². The molecule has 1 saturated carbocycles. The van der Waals surface area contributed by atoms with Crippen molar-refractivity contribution < 1.29 is 9.53 Å². The fourth-order valence-electron chi connectivity index (χ4n) is 1.90. The van der Waals surface area contributed by atoms with Crippen molar-refractivity contribution in [1.29, 1.82) is 0 Å². The molecule has 0 unspecified atom stereocenters. The van der Waals surface area contributed by atoms with Gasteiger partial charge < -0.3 is 10.1 Å². The topological polar surface area (TPSA) is 89.0 Å². The van der Waals surface area contributed by atoms with Gasteiger partial charge in [-0.15, -0.1) is 5.10 Å². The van der Waals surface area contributed by atoms with E-state index in [1.54, 1.807) is 0 Å². The highest BCUT2D eigenvalue weighted by molar-refractivity contribution is 5.68. The quantitative estimate of drug-likeness (QED) is 0.764. The van der Waals surface area contributed by atoms with Crippen LogP contribution in [0.1, 0.15) is 31.7 Å². The molecule has 1 aromatic heterocycles. The van der Waals surface area contributed by atoms with Crippen LogP contribution in [0.15, 0.2) is 4.79 Å². The maximum Gasteiger partial charge on any atom is 0.414 e. The predicted molar refractivity (Wildman–Crippen MR) is 55.4 cm³/mol. The van der Waals surface area contributed by atoms with E-state index in [0.717, 1.165) is 25.7 Å². The number of aromatic amines is 1. The number of H-pyrrole nitrogens is 1. The first kappa shape index (κ1) is 10.7.